The Bertz CT molecular complexity index is 1860. The number of nitrogens with zero attached hydrogens (tertiary/aromatic N) is 2. The Kier molecular flexibility index (Phi) is 11.4. The SMILES string of the molecule is COc1ccc([C@H](Cc2c(Cl)c[n+]([O-])cc2Cl)c2cc(CNC(CO)(C(=O)O[C@H]3CN4CCC3CC4)c3ccccc3)sc2C(=O)O)cc1OC. The predicted octanol–water partition coefficient (Wildman–Crippen LogP) is 5.39. The van der Waals surface area contributed by atoms with Crippen molar-refractivity contribution in [3.8, 4) is 11.5 Å². The number of benzene rings is 2. The number of hydrogen-bond donors (Lipinski definition) is 3. The van der Waals surface area contributed by atoms with Gasteiger partial charge in [0.2, 0.25) is 0 Å². The molecule has 51 heavy (non-hydrogen) atoms. The van der Waals surface area contributed by atoms with Gasteiger partial charge in [0, 0.05) is 29.4 Å². The molecule has 14 heteroatoms. The molecule has 3 fully saturated rings. The molecule has 4 aromatic rings. The molecule has 270 valence electrons. The molecule has 0 radical (unpaired) electrons. The van der Waals surface area contributed by atoms with Gasteiger partial charge < -0.3 is 29.6 Å². The Labute approximate surface area is 309 Å². The predicted molar refractivity (Wildman–Crippen MR) is 193 cm³/mol. The fourth-order valence-corrected chi connectivity index (χ4v) is 8.72. The molecule has 0 amide bonds. The molecule has 0 saturated carbocycles. The second-order valence-electron chi connectivity index (χ2n) is 12.8. The third-order valence-corrected chi connectivity index (χ3v) is 11.7. The van der Waals surface area contributed by atoms with Crippen LogP contribution < -0.4 is 19.5 Å². The zero-order valence-corrected chi connectivity index (χ0v) is 30.5. The van der Waals surface area contributed by atoms with E-state index in [1.165, 1.54) is 26.6 Å². The van der Waals surface area contributed by atoms with Crippen LogP contribution in [0.5, 0.6) is 11.5 Å². The maximum Gasteiger partial charge on any atom is 0.346 e. The number of carboxylic acid groups (broad SMARTS) is 1. The number of rotatable bonds is 14. The van der Waals surface area contributed by atoms with Crippen molar-refractivity contribution < 1.29 is 38.7 Å². The average molecular weight is 757 g/mol. The Morgan fingerprint density at radius 3 is 2.33 bits per heavy atom. The number of fused-ring (bicyclic) bond motifs is 3. The highest BCUT2D eigenvalue weighted by molar-refractivity contribution is 7.14. The van der Waals surface area contributed by atoms with Crippen LogP contribution in [0.15, 0.2) is 67.0 Å². The highest BCUT2D eigenvalue weighted by Crippen LogP contribution is 2.41. The van der Waals surface area contributed by atoms with Crippen LogP contribution >= 0.6 is 34.5 Å². The molecule has 5 heterocycles. The molecule has 1 unspecified atom stereocenters. The number of aliphatic hydroxyl groups is 1. The van der Waals surface area contributed by atoms with Crippen molar-refractivity contribution in [2.45, 2.75) is 43.4 Å². The van der Waals surface area contributed by atoms with Gasteiger partial charge in [0.15, 0.2) is 29.4 Å². The third-order valence-electron chi connectivity index (χ3n) is 9.93. The molecule has 11 nitrogen and oxygen atoms in total. The topological polar surface area (TPSA) is 144 Å². The number of aromatic carboxylic acids is 1. The van der Waals surface area contributed by atoms with Gasteiger partial charge >= 0.3 is 11.9 Å². The van der Waals surface area contributed by atoms with Crippen molar-refractivity contribution in [3.05, 3.63) is 114 Å². The van der Waals surface area contributed by atoms with Gasteiger partial charge in [-0.3, -0.25) is 10.2 Å². The summed E-state index contributed by atoms with van der Waals surface area (Å²) in [4.78, 5) is 29.9. The van der Waals surface area contributed by atoms with Crippen molar-refractivity contribution in [1.82, 2.24) is 10.2 Å². The van der Waals surface area contributed by atoms with E-state index in [-0.39, 0.29) is 39.9 Å². The van der Waals surface area contributed by atoms with Gasteiger partial charge in [-0.05, 0) is 73.2 Å². The number of aromatic nitrogens is 1. The Morgan fingerprint density at radius 2 is 1.75 bits per heavy atom. The minimum absolute atomic E-state index is 0.0391. The molecule has 2 bridgehead atoms. The fourth-order valence-electron chi connectivity index (χ4n) is 7.13. The highest BCUT2D eigenvalue weighted by Gasteiger charge is 2.45. The lowest BCUT2D eigenvalue weighted by molar-refractivity contribution is -0.605. The van der Waals surface area contributed by atoms with E-state index in [4.69, 9.17) is 37.4 Å². The van der Waals surface area contributed by atoms with Crippen LogP contribution in [0.3, 0.4) is 0 Å². The van der Waals surface area contributed by atoms with E-state index >= 15 is 0 Å². The van der Waals surface area contributed by atoms with Gasteiger partial charge in [0.25, 0.3) is 0 Å². The smallest absolute Gasteiger partial charge is 0.346 e. The van der Waals surface area contributed by atoms with Crippen molar-refractivity contribution in [2.24, 2.45) is 5.92 Å². The number of esters is 1. The number of ether oxygens (including phenoxy) is 3. The number of methoxy groups -OCH3 is 2. The first-order valence-corrected chi connectivity index (χ1v) is 18.1. The Hall–Kier alpha value is -3.91. The van der Waals surface area contributed by atoms with Crippen molar-refractivity contribution in [3.63, 3.8) is 0 Å². The number of aliphatic hydroxyl groups excluding tert-OH is 1. The first-order valence-electron chi connectivity index (χ1n) is 16.6. The number of carboxylic acids is 1. The fraction of sp³-hybridized carbons (Fsp3) is 0.378. The number of halogens is 2. The van der Waals surface area contributed by atoms with Gasteiger partial charge in [-0.15, -0.1) is 11.3 Å². The van der Waals surface area contributed by atoms with E-state index in [9.17, 15) is 25.0 Å². The molecule has 3 aliphatic heterocycles. The zero-order chi connectivity index (χ0) is 36.3. The molecule has 3 aliphatic rings. The van der Waals surface area contributed by atoms with Crippen LogP contribution in [0.2, 0.25) is 10.0 Å². The molecule has 0 aliphatic carbocycles. The molecule has 2 aromatic carbocycles. The first-order chi connectivity index (χ1) is 24.6. The summed E-state index contributed by atoms with van der Waals surface area (Å²) in [5.41, 5.74) is 0.537. The highest BCUT2D eigenvalue weighted by atomic mass is 35.5. The molecular weight excluding hydrogens is 717 g/mol. The number of piperidine rings is 3. The number of hydrogen-bond acceptors (Lipinski definition) is 10. The molecule has 0 spiro atoms. The second-order valence-corrected chi connectivity index (χ2v) is 14.8. The van der Waals surface area contributed by atoms with E-state index in [1.807, 2.05) is 12.1 Å². The summed E-state index contributed by atoms with van der Waals surface area (Å²) in [6.07, 6.45) is 4.17. The summed E-state index contributed by atoms with van der Waals surface area (Å²) in [5, 5.41) is 37.0. The van der Waals surface area contributed by atoms with Crippen molar-refractivity contribution in [1.29, 1.82) is 0 Å². The van der Waals surface area contributed by atoms with E-state index in [1.54, 1.807) is 42.5 Å². The number of carbonyl (C=O) groups excluding carboxylic acids is 1. The summed E-state index contributed by atoms with van der Waals surface area (Å²) in [7, 11) is 3.03. The summed E-state index contributed by atoms with van der Waals surface area (Å²) >= 11 is 14.1. The molecule has 3 saturated heterocycles. The first kappa shape index (κ1) is 36.9. The lowest BCUT2D eigenvalue weighted by Gasteiger charge is -2.45. The largest absolute Gasteiger partial charge is 0.619 e. The molecule has 7 rings (SSSR count). The van der Waals surface area contributed by atoms with Crippen LogP contribution in [-0.2, 0) is 28.0 Å². The molecule has 3 N–H and O–H groups in total. The maximum atomic E-state index is 14.1. The second kappa shape index (κ2) is 15.8. The van der Waals surface area contributed by atoms with Gasteiger partial charge in [0.1, 0.15) is 21.0 Å². The lowest BCUT2D eigenvalue weighted by atomic mass is 9.85. The van der Waals surface area contributed by atoms with E-state index < -0.39 is 30.0 Å². The molecule has 3 atom stereocenters. The van der Waals surface area contributed by atoms with Gasteiger partial charge in [-0.2, -0.15) is 4.73 Å². The Balaban J connectivity index is 1.37. The zero-order valence-electron chi connectivity index (χ0n) is 28.1. The monoisotopic (exact) mass is 755 g/mol. The number of carbonyl (C=O) groups is 2. The summed E-state index contributed by atoms with van der Waals surface area (Å²) in [6, 6.07) is 16.0. The van der Waals surface area contributed by atoms with Crippen molar-refractivity contribution >= 4 is 46.5 Å². The normalized spacial score (nSPS) is 20.0. The minimum atomic E-state index is -1.61. The Morgan fingerprint density at radius 1 is 1.06 bits per heavy atom. The number of thiophene rings is 1. The van der Waals surface area contributed by atoms with Crippen LogP contribution in [0.1, 0.15) is 55.6 Å². The number of nitrogens with one attached hydrogen (secondary N) is 1. The maximum absolute atomic E-state index is 14.1. The summed E-state index contributed by atoms with van der Waals surface area (Å²) in [6.45, 7) is 2.08. The summed E-state index contributed by atoms with van der Waals surface area (Å²) in [5.74, 6) is -1.15. The molecule has 2 aromatic heterocycles. The number of pyridine rings is 1. The van der Waals surface area contributed by atoms with Gasteiger partial charge in [-0.25, -0.2) is 9.59 Å². The summed E-state index contributed by atoms with van der Waals surface area (Å²) < 4.78 is 17.7. The minimum Gasteiger partial charge on any atom is -0.619 e. The van der Waals surface area contributed by atoms with Crippen LogP contribution in [0.25, 0.3) is 0 Å². The average Bonchev–Trinajstić information content (AvgIpc) is 3.57. The van der Waals surface area contributed by atoms with Crippen LogP contribution in [-0.4, -0.2) is 73.6 Å². The third kappa shape index (κ3) is 7.67. The van der Waals surface area contributed by atoms with E-state index in [0.717, 1.165) is 37.3 Å². The quantitative estimate of drug-likeness (QED) is 0.0871. The standard InChI is InChI=1S/C37H39Cl2N3O8S/c1-48-31-9-8-23(14-32(31)49-2)26(16-28-29(38)18-42(47)19-30(28)39)27-15-25(51-34(27)35(44)45)17-40-37(21-43,24-6-4-3-5-7-24)36(46)50-33-20-41-12-10-22(33)11-13-41/h3-9,14-15,18-19,22,26,33,40,43H,10-13,16-17,20-21H2,1-2H3,(H,44,45)/t26-,33-,37?/m0/s1. The van der Waals surface area contributed by atoms with Crippen LogP contribution in [0.4, 0.5) is 0 Å². The van der Waals surface area contributed by atoms with Gasteiger partial charge in [-0.1, -0.05) is 59.6 Å². The molecular formula is C37H39Cl2N3O8S. The van der Waals surface area contributed by atoms with Crippen molar-refractivity contribution in [2.75, 3.05) is 40.5 Å². The van der Waals surface area contributed by atoms with Crippen LogP contribution in [0, 0.1) is 11.1 Å². The lowest BCUT2D eigenvalue weighted by Crippen LogP contribution is -2.57. The van der Waals surface area contributed by atoms with Gasteiger partial charge in [0.05, 0.1) is 20.8 Å². The van der Waals surface area contributed by atoms with E-state index in [0.29, 0.717) is 49.9 Å². The van der Waals surface area contributed by atoms with E-state index in [2.05, 4.69) is 10.2 Å².